The molecule has 0 aromatic carbocycles. The number of rotatable bonds is 3. The summed E-state index contributed by atoms with van der Waals surface area (Å²) in [5, 5.41) is 0. The van der Waals surface area contributed by atoms with Crippen molar-refractivity contribution in [3.05, 3.63) is 6.42 Å². The first-order valence-corrected chi connectivity index (χ1v) is 3.46. The second-order valence-electron chi connectivity index (χ2n) is 3.06. The Balaban J connectivity index is 3.58. The highest BCUT2D eigenvalue weighted by atomic mass is 16.5. The number of ether oxygens (including phenoxy) is 1. The van der Waals surface area contributed by atoms with Crippen molar-refractivity contribution in [1.29, 1.82) is 0 Å². The lowest BCUT2D eigenvalue weighted by atomic mass is 10.1. The van der Waals surface area contributed by atoms with Gasteiger partial charge in [-0.1, -0.05) is 0 Å². The highest BCUT2D eigenvalue weighted by Crippen LogP contribution is 2.14. The van der Waals surface area contributed by atoms with Crippen LogP contribution >= 0.6 is 0 Å². The summed E-state index contributed by atoms with van der Waals surface area (Å²) in [7, 11) is 0. The molecule has 0 bridgehead atoms. The molecule has 0 rings (SSSR count). The first-order chi connectivity index (χ1) is 3.98. The molecule has 0 amide bonds. The van der Waals surface area contributed by atoms with E-state index in [9.17, 15) is 0 Å². The van der Waals surface area contributed by atoms with E-state index in [1.165, 1.54) is 0 Å². The molecule has 1 heteroatoms. The molecule has 1 nitrogen and oxygen atoms in total. The Hall–Kier alpha value is -0.170. The monoisotopic (exact) mass is 129 g/mol. The normalized spacial score (nSPS) is 12.2. The molecule has 0 aromatic rings. The fraction of sp³-hybridized carbons (Fsp3) is 0.875. The number of hydrogen-bond donors (Lipinski definition) is 0. The van der Waals surface area contributed by atoms with Gasteiger partial charge in [-0.2, -0.15) is 0 Å². The van der Waals surface area contributed by atoms with Crippen molar-refractivity contribution < 1.29 is 4.74 Å². The quantitative estimate of drug-likeness (QED) is 0.532. The lowest BCUT2D eigenvalue weighted by Crippen LogP contribution is -2.27. The SMILES string of the molecule is C[CH+]C(C)(C)OC(C)C. The third-order valence-electron chi connectivity index (χ3n) is 1.23. The third kappa shape index (κ3) is 4.34. The lowest BCUT2D eigenvalue weighted by Gasteiger charge is -2.18. The molecule has 0 unspecified atom stereocenters. The van der Waals surface area contributed by atoms with Gasteiger partial charge in [0.1, 0.15) is 6.42 Å². The van der Waals surface area contributed by atoms with Crippen LogP contribution in [0, 0.1) is 6.42 Å². The molecule has 0 saturated carbocycles. The topological polar surface area (TPSA) is 9.23 Å². The largest absolute Gasteiger partial charge is 0.333 e. The maximum Gasteiger partial charge on any atom is 0.201 e. The van der Waals surface area contributed by atoms with Crippen LogP contribution in [0.1, 0.15) is 34.6 Å². The molecular formula is C8H17O+. The smallest absolute Gasteiger partial charge is 0.201 e. The van der Waals surface area contributed by atoms with Crippen LogP contribution in [0.15, 0.2) is 0 Å². The Morgan fingerprint density at radius 2 is 1.78 bits per heavy atom. The van der Waals surface area contributed by atoms with Gasteiger partial charge in [0, 0.05) is 13.8 Å². The maximum atomic E-state index is 5.53. The van der Waals surface area contributed by atoms with Crippen molar-refractivity contribution in [2.75, 3.05) is 0 Å². The van der Waals surface area contributed by atoms with Gasteiger partial charge in [-0.15, -0.1) is 0 Å². The minimum atomic E-state index is -0.0613. The minimum absolute atomic E-state index is 0.0613. The van der Waals surface area contributed by atoms with E-state index in [0.29, 0.717) is 6.10 Å². The Bertz CT molecular complexity index is 74.6. The van der Waals surface area contributed by atoms with Crippen LogP contribution in [-0.4, -0.2) is 11.7 Å². The summed E-state index contributed by atoms with van der Waals surface area (Å²) in [5.74, 6) is 0. The molecule has 0 spiro atoms. The van der Waals surface area contributed by atoms with Crippen LogP contribution in [0.2, 0.25) is 0 Å². The van der Waals surface area contributed by atoms with Gasteiger partial charge in [0.25, 0.3) is 0 Å². The molecule has 0 aromatic heterocycles. The maximum absolute atomic E-state index is 5.53. The molecule has 0 atom stereocenters. The van der Waals surface area contributed by atoms with Gasteiger partial charge < -0.3 is 4.74 Å². The highest BCUT2D eigenvalue weighted by Gasteiger charge is 2.25. The molecule has 0 aliphatic heterocycles. The van der Waals surface area contributed by atoms with E-state index in [-0.39, 0.29) is 5.60 Å². The molecule has 0 N–H and O–H groups in total. The fourth-order valence-electron chi connectivity index (χ4n) is 0.676. The van der Waals surface area contributed by atoms with Gasteiger partial charge in [0.05, 0.1) is 13.0 Å². The summed E-state index contributed by atoms with van der Waals surface area (Å²) in [4.78, 5) is 0. The molecule has 0 fully saturated rings. The second-order valence-corrected chi connectivity index (χ2v) is 3.06. The third-order valence-corrected chi connectivity index (χ3v) is 1.23. The van der Waals surface area contributed by atoms with E-state index < -0.39 is 0 Å². The van der Waals surface area contributed by atoms with Gasteiger partial charge >= 0.3 is 0 Å². The van der Waals surface area contributed by atoms with E-state index in [4.69, 9.17) is 4.74 Å². The summed E-state index contributed by atoms with van der Waals surface area (Å²) in [6, 6.07) is 0. The summed E-state index contributed by atoms with van der Waals surface area (Å²) in [6.45, 7) is 10.2. The van der Waals surface area contributed by atoms with Gasteiger partial charge in [0.2, 0.25) is 5.60 Å². The van der Waals surface area contributed by atoms with Crippen molar-refractivity contribution in [3.8, 4) is 0 Å². The van der Waals surface area contributed by atoms with Crippen molar-refractivity contribution in [2.24, 2.45) is 0 Å². The second kappa shape index (κ2) is 3.11. The Labute approximate surface area is 58.4 Å². The van der Waals surface area contributed by atoms with Crippen LogP contribution in [0.4, 0.5) is 0 Å². The van der Waals surface area contributed by atoms with Crippen LogP contribution < -0.4 is 0 Å². The zero-order chi connectivity index (χ0) is 7.49. The van der Waals surface area contributed by atoms with Crippen LogP contribution in [0.5, 0.6) is 0 Å². The van der Waals surface area contributed by atoms with Gasteiger partial charge in [-0.25, -0.2) is 0 Å². The molecule has 0 aliphatic carbocycles. The first-order valence-electron chi connectivity index (χ1n) is 3.46. The van der Waals surface area contributed by atoms with Crippen molar-refractivity contribution in [3.63, 3.8) is 0 Å². The first kappa shape index (κ1) is 8.83. The summed E-state index contributed by atoms with van der Waals surface area (Å²) < 4.78 is 5.53. The minimum Gasteiger partial charge on any atom is -0.333 e. The zero-order valence-electron chi connectivity index (χ0n) is 7.06. The fourth-order valence-corrected chi connectivity index (χ4v) is 0.676. The molecule has 0 heterocycles. The summed E-state index contributed by atoms with van der Waals surface area (Å²) in [5.41, 5.74) is -0.0613. The highest BCUT2D eigenvalue weighted by molar-refractivity contribution is 4.82. The van der Waals surface area contributed by atoms with Gasteiger partial charge in [0.15, 0.2) is 0 Å². The van der Waals surface area contributed by atoms with E-state index in [1.54, 1.807) is 0 Å². The van der Waals surface area contributed by atoms with Crippen molar-refractivity contribution >= 4 is 0 Å². The van der Waals surface area contributed by atoms with E-state index in [0.717, 1.165) is 0 Å². The van der Waals surface area contributed by atoms with Crippen molar-refractivity contribution in [2.45, 2.75) is 46.3 Å². The molecule has 0 aliphatic rings. The Morgan fingerprint density at radius 1 is 1.33 bits per heavy atom. The lowest BCUT2D eigenvalue weighted by molar-refractivity contribution is -0.0330. The van der Waals surface area contributed by atoms with E-state index in [2.05, 4.69) is 20.3 Å². The molecule has 54 valence electrons. The molecule has 9 heavy (non-hydrogen) atoms. The molecule has 0 saturated heterocycles. The van der Waals surface area contributed by atoms with Crippen molar-refractivity contribution in [1.82, 2.24) is 0 Å². The van der Waals surface area contributed by atoms with Crippen LogP contribution in [0.3, 0.4) is 0 Å². The number of hydrogen-bond acceptors (Lipinski definition) is 1. The Kier molecular flexibility index (Phi) is 3.06. The van der Waals surface area contributed by atoms with Gasteiger partial charge in [-0.3, -0.25) is 0 Å². The van der Waals surface area contributed by atoms with E-state index in [1.807, 2.05) is 20.8 Å². The zero-order valence-corrected chi connectivity index (χ0v) is 7.06. The van der Waals surface area contributed by atoms with Crippen LogP contribution in [-0.2, 0) is 4.74 Å². The van der Waals surface area contributed by atoms with Crippen LogP contribution in [0.25, 0.3) is 0 Å². The van der Waals surface area contributed by atoms with Gasteiger partial charge in [-0.05, 0) is 13.8 Å². The predicted octanol–water partition coefficient (Wildman–Crippen LogP) is 2.41. The average Bonchev–Trinajstić information content (AvgIpc) is 1.63. The standard InChI is InChI=1S/C8H17O/c1-6-8(4,5)9-7(2)3/h6-7H,1-5H3/q+1. The average molecular weight is 129 g/mol. The molecule has 0 radical (unpaired) electrons. The summed E-state index contributed by atoms with van der Waals surface area (Å²) in [6.07, 6.45) is 2.38. The summed E-state index contributed by atoms with van der Waals surface area (Å²) >= 11 is 0. The van der Waals surface area contributed by atoms with E-state index >= 15 is 0 Å². The predicted molar refractivity (Wildman–Crippen MR) is 40.3 cm³/mol. The Morgan fingerprint density at radius 3 is 1.89 bits per heavy atom. The molecular weight excluding hydrogens is 112 g/mol.